The van der Waals surface area contributed by atoms with E-state index in [0.29, 0.717) is 6.54 Å². The van der Waals surface area contributed by atoms with Crippen LogP contribution in [0.1, 0.15) is 11.7 Å². The number of hydrogen-bond acceptors (Lipinski definition) is 3. The van der Waals surface area contributed by atoms with Crippen LogP contribution in [0.4, 0.5) is 0 Å². The minimum absolute atomic E-state index is 0.389. The topological polar surface area (TPSA) is 50.9 Å². The van der Waals surface area contributed by atoms with Crippen molar-refractivity contribution in [2.75, 3.05) is 0 Å². The third-order valence-electron chi connectivity index (χ3n) is 2.15. The summed E-state index contributed by atoms with van der Waals surface area (Å²) in [6.45, 7) is 0.389. The molecule has 1 N–H and O–H groups in total. The van der Waals surface area contributed by atoms with Crippen molar-refractivity contribution in [3.63, 3.8) is 0 Å². The van der Waals surface area contributed by atoms with E-state index >= 15 is 0 Å². The third-order valence-corrected chi connectivity index (χ3v) is 3.33. The maximum Gasteiger partial charge on any atom is 0.137 e. The molecule has 84 valence electrons. The largest absolute Gasteiger partial charge is 0.386 e. The van der Waals surface area contributed by atoms with E-state index in [4.69, 9.17) is 0 Å². The van der Waals surface area contributed by atoms with Crippen LogP contribution in [0, 0.1) is 0 Å². The molecule has 0 aliphatic carbocycles. The Morgan fingerprint density at radius 3 is 2.81 bits per heavy atom. The summed E-state index contributed by atoms with van der Waals surface area (Å²) in [5, 5.41) is 14.0. The van der Waals surface area contributed by atoms with Crippen LogP contribution in [0.3, 0.4) is 0 Å². The predicted octanol–water partition coefficient (Wildman–Crippen LogP) is 2.54. The molecule has 0 aliphatic heterocycles. The number of halogens is 2. The Labute approximate surface area is 110 Å². The summed E-state index contributed by atoms with van der Waals surface area (Å²) in [6, 6.07) is 5.67. The number of nitrogens with zero attached hydrogens (tertiary/aromatic N) is 3. The number of aromatic nitrogens is 3. The fraction of sp³-hybridized carbons (Fsp3) is 0.200. The standard InChI is InChI=1S/C10H9Br2N3O/c11-7-1-2-8(9(12)3-7)10(16)4-15-6-13-5-14-15/h1-3,5-6,10,16H,4H2/t10-/m0/s1. The second kappa shape index (κ2) is 5.07. The Kier molecular flexibility index (Phi) is 3.73. The van der Waals surface area contributed by atoms with Gasteiger partial charge >= 0.3 is 0 Å². The highest BCUT2D eigenvalue weighted by molar-refractivity contribution is 9.11. The number of hydrogen-bond donors (Lipinski definition) is 1. The Hall–Kier alpha value is -0.720. The number of aliphatic hydroxyl groups is 1. The summed E-state index contributed by atoms with van der Waals surface area (Å²) in [6.07, 6.45) is 2.42. The van der Waals surface area contributed by atoms with Crippen LogP contribution in [0.2, 0.25) is 0 Å². The van der Waals surface area contributed by atoms with Crippen LogP contribution < -0.4 is 0 Å². The van der Waals surface area contributed by atoms with Crippen molar-refractivity contribution in [1.29, 1.82) is 0 Å². The van der Waals surface area contributed by atoms with E-state index in [1.165, 1.54) is 6.33 Å². The van der Waals surface area contributed by atoms with Gasteiger partial charge in [0, 0.05) is 8.95 Å². The second-order valence-corrected chi connectivity index (χ2v) is 5.07. The first-order chi connectivity index (χ1) is 7.66. The molecule has 6 heteroatoms. The molecule has 0 saturated carbocycles. The lowest BCUT2D eigenvalue weighted by Crippen LogP contribution is -2.09. The maximum atomic E-state index is 10.0. The second-order valence-electron chi connectivity index (χ2n) is 3.30. The molecule has 1 aromatic heterocycles. The molecule has 2 rings (SSSR count). The van der Waals surface area contributed by atoms with Gasteiger partial charge < -0.3 is 5.11 Å². The van der Waals surface area contributed by atoms with E-state index in [-0.39, 0.29) is 0 Å². The molecular formula is C10H9Br2N3O. The van der Waals surface area contributed by atoms with Gasteiger partial charge in [0.2, 0.25) is 0 Å². The molecule has 0 amide bonds. The molecule has 0 radical (unpaired) electrons. The van der Waals surface area contributed by atoms with Crippen molar-refractivity contribution in [2.24, 2.45) is 0 Å². The molecular weight excluding hydrogens is 338 g/mol. The summed E-state index contributed by atoms with van der Waals surface area (Å²) in [4.78, 5) is 3.83. The third kappa shape index (κ3) is 2.69. The van der Waals surface area contributed by atoms with E-state index in [2.05, 4.69) is 41.9 Å². The minimum atomic E-state index is -0.607. The Bertz CT molecular complexity index is 473. The SMILES string of the molecule is O[C@@H](Cn1cncn1)c1ccc(Br)cc1Br. The predicted molar refractivity (Wildman–Crippen MR) is 66.8 cm³/mol. The van der Waals surface area contributed by atoms with Gasteiger partial charge in [0.1, 0.15) is 12.7 Å². The highest BCUT2D eigenvalue weighted by Crippen LogP contribution is 2.27. The molecule has 2 aromatic rings. The highest BCUT2D eigenvalue weighted by atomic mass is 79.9. The fourth-order valence-electron chi connectivity index (χ4n) is 1.37. The normalized spacial score (nSPS) is 12.7. The van der Waals surface area contributed by atoms with Gasteiger partial charge in [0.15, 0.2) is 0 Å². The van der Waals surface area contributed by atoms with Crippen LogP contribution in [-0.4, -0.2) is 19.9 Å². The molecule has 0 fully saturated rings. The van der Waals surface area contributed by atoms with Crippen molar-refractivity contribution in [1.82, 2.24) is 14.8 Å². The van der Waals surface area contributed by atoms with Crippen LogP contribution in [0.25, 0.3) is 0 Å². The van der Waals surface area contributed by atoms with Gasteiger partial charge in [0.25, 0.3) is 0 Å². The summed E-state index contributed by atoms with van der Waals surface area (Å²) in [7, 11) is 0. The van der Waals surface area contributed by atoms with E-state index in [1.54, 1.807) is 11.0 Å². The fourth-order valence-corrected chi connectivity index (χ4v) is 2.69. The van der Waals surface area contributed by atoms with Crippen molar-refractivity contribution >= 4 is 31.9 Å². The molecule has 0 bridgehead atoms. The summed E-state index contributed by atoms with van der Waals surface area (Å²) >= 11 is 6.78. The molecule has 1 atom stereocenters. The van der Waals surface area contributed by atoms with Crippen LogP contribution >= 0.6 is 31.9 Å². The Morgan fingerprint density at radius 2 is 2.19 bits per heavy atom. The zero-order valence-corrected chi connectivity index (χ0v) is 11.4. The van der Waals surface area contributed by atoms with Gasteiger partial charge in [-0.15, -0.1) is 0 Å². The molecule has 1 heterocycles. The zero-order chi connectivity index (χ0) is 11.5. The van der Waals surface area contributed by atoms with Gasteiger partial charge in [-0.05, 0) is 17.7 Å². The van der Waals surface area contributed by atoms with Crippen LogP contribution in [0.15, 0.2) is 39.8 Å². The first kappa shape index (κ1) is 11.8. The molecule has 4 nitrogen and oxygen atoms in total. The lowest BCUT2D eigenvalue weighted by Gasteiger charge is -2.12. The molecule has 1 aromatic carbocycles. The van der Waals surface area contributed by atoms with Crippen LogP contribution in [-0.2, 0) is 6.54 Å². The van der Waals surface area contributed by atoms with Crippen molar-refractivity contribution in [2.45, 2.75) is 12.6 Å². The highest BCUT2D eigenvalue weighted by Gasteiger charge is 2.12. The molecule has 0 spiro atoms. The quantitative estimate of drug-likeness (QED) is 0.929. The van der Waals surface area contributed by atoms with Gasteiger partial charge in [-0.2, -0.15) is 5.10 Å². The molecule has 0 saturated heterocycles. The average Bonchev–Trinajstić information content (AvgIpc) is 2.70. The van der Waals surface area contributed by atoms with E-state index in [9.17, 15) is 5.11 Å². The first-order valence-electron chi connectivity index (χ1n) is 4.62. The zero-order valence-electron chi connectivity index (χ0n) is 8.22. The van der Waals surface area contributed by atoms with Gasteiger partial charge in [-0.25, -0.2) is 4.98 Å². The first-order valence-corrected chi connectivity index (χ1v) is 6.21. The number of benzene rings is 1. The summed E-state index contributed by atoms with van der Waals surface area (Å²) < 4.78 is 3.43. The van der Waals surface area contributed by atoms with Crippen LogP contribution in [0.5, 0.6) is 0 Å². The van der Waals surface area contributed by atoms with E-state index in [0.717, 1.165) is 14.5 Å². The van der Waals surface area contributed by atoms with Gasteiger partial charge in [-0.3, -0.25) is 4.68 Å². The smallest absolute Gasteiger partial charge is 0.137 e. The average molecular weight is 347 g/mol. The monoisotopic (exact) mass is 345 g/mol. The van der Waals surface area contributed by atoms with E-state index in [1.807, 2.05) is 18.2 Å². The molecule has 0 aliphatic rings. The Morgan fingerprint density at radius 1 is 1.38 bits per heavy atom. The lowest BCUT2D eigenvalue weighted by molar-refractivity contribution is 0.150. The van der Waals surface area contributed by atoms with Crippen molar-refractivity contribution in [3.8, 4) is 0 Å². The van der Waals surface area contributed by atoms with E-state index < -0.39 is 6.10 Å². The summed E-state index contributed by atoms with van der Waals surface area (Å²) in [5.74, 6) is 0. The molecule has 16 heavy (non-hydrogen) atoms. The van der Waals surface area contributed by atoms with Gasteiger partial charge in [-0.1, -0.05) is 37.9 Å². The summed E-state index contributed by atoms with van der Waals surface area (Å²) in [5.41, 5.74) is 0.832. The minimum Gasteiger partial charge on any atom is -0.386 e. The van der Waals surface area contributed by atoms with Gasteiger partial charge in [0.05, 0.1) is 12.6 Å². The van der Waals surface area contributed by atoms with Crippen molar-refractivity contribution < 1.29 is 5.11 Å². The molecule has 0 unspecified atom stereocenters. The number of rotatable bonds is 3. The van der Waals surface area contributed by atoms with Crippen molar-refractivity contribution in [3.05, 3.63) is 45.4 Å². The Balaban J connectivity index is 2.17. The number of aliphatic hydroxyl groups excluding tert-OH is 1. The maximum absolute atomic E-state index is 10.0. The lowest BCUT2D eigenvalue weighted by atomic mass is 10.1.